The molecule has 6 heteroatoms. The number of nitrogens with two attached hydrogens (primary N) is 1. The van der Waals surface area contributed by atoms with Crippen LogP contribution in [-0.2, 0) is 16.6 Å². The fraction of sp³-hybridized carbons (Fsp3) is 0.571. The molecule has 1 aliphatic rings. The summed E-state index contributed by atoms with van der Waals surface area (Å²) in [5.41, 5.74) is 6.13. The lowest BCUT2D eigenvalue weighted by molar-refractivity contribution is 0.362. The van der Waals surface area contributed by atoms with Crippen molar-refractivity contribution < 1.29 is 12.8 Å². The summed E-state index contributed by atoms with van der Waals surface area (Å²) < 4.78 is 40.5. The van der Waals surface area contributed by atoms with Crippen LogP contribution in [0.1, 0.15) is 37.7 Å². The Kier molecular flexibility index (Phi) is 5.12. The van der Waals surface area contributed by atoms with Crippen molar-refractivity contribution in [3.05, 3.63) is 29.6 Å². The summed E-state index contributed by atoms with van der Waals surface area (Å²) in [6.45, 7) is 1.13. The Morgan fingerprint density at radius 1 is 1.10 bits per heavy atom. The van der Waals surface area contributed by atoms with Crippen LogP contribution in [0.15, 0.2) is 23.1 Å². The highest BCUT2D eigenvalue weighted by atomic mass is 32.2. The first-order chi connectivity index (χ1) is 9.55. The summed E-state index contributed by atoms with van der Waals surface area (Å²) in [4.78, 5) is -0.249. The molecule has 0 aliphatic carbocycles. The molecule has 0 spiro atoms. The van der Waals surface area contributed by atoms with Gasteiger partial charge >= 0.3 is 0 Å². The van der Waals surface area contributed by atoms with Gasteiger partial charge in [0.25, 0.3) is 0 Å². The topological polar surface area (TPSA) is 63.4 Å². The standard InChI is InChI=1S/C14H21FN2O2S/c15-13-7-6-12(11-16)10-14(13)20(18,19)17-8-4-2-1-3-5-9-17/h6-7,10H,1-5,8-9,11,16H2. The molecule has 0 amide bonds. The summed E-state index contributed by atoms with van der Waals surface area (Å²) >= 11 is 0. The zero-order chi connectivity index (χ0) is 14.6. The second-order valence-electron chi connectivity index (χ2n) is 5.14. The van der Waals surface area contributed by atoms with Crippen LogP contribution in [-0.4, -0.2) is 25.8 Å². The van der Waals surface area contributed by atoms with E-state index in [0.717, 1.165) is 32.1 Å². The molecule has 1 heterocycles. The van der Waals surface area contributed by atoms with E-state index in [1.165, 1.54) is 22.5 Å². The average molecular weight is 300 g/mol. The van der Waals surface area contributed by atoms with Gasteiger partial charge in [0, 0.05) is 19.6 Å². The maximum absolute atomic E-state index is 13.9. The minimum atomic E-state index is -3.76. The van der Waals surface area contributed by atoms with Crippen molar-refractivity contribution in [1.82, 2.24) is 4.31 Å². The van der Waals surface area contributed by atoms with Gasteiger partial charge in [0.05, 0.1) is 0 Å². The lowest BCUT2D eigenvalue weighted by Gasteiger charge is -2.24. The molecule has 1 aromatic rings. The van der Waals surface area contributed by atoms with Gasteiger partial charge in [0.1, 0.15) is 10.7 Å². The van der Waals surface area contributed by atoms with Crippen LogP contribution in [0.3, 0.4) is 0 Å². The first kappa shape index (κ1) is 15.4. The Balaban J connectivity index is 2.32. The molecular weight excluding hydrogens is 279 g/mol. The van der Waals surface area contributed by atoms with E-state index in [9.17, 15) is 12.8 Å². The molecule has 0 bridgehead atoms. The SMILES string of the molecule is NCc1ccc(F)c(S(=O)(=O)N2CCCCCCC2)c1. The molecular formula is C14H21FN2O2S. The Morgan fingerprint density at radius 3 is 2.30 bits per heavy atom. The molecule has 1 aliphatic heterocycles. The van der Waals surface area contributed by atoms with Crippen LogP contribution in [0.2, 0.25) is 0 Å². The van der Waals surface area contributed by atoms with E-state index in [4.69, 9.17) is 5.73 Å². The van der Waals surface area contributed by atoms with Gasteiger partial charge in [0.2, 0.25) is 10.0 Å². The van der Waals surface area contributed by atoms with E-state index >= 15 is 0 Å². The molecule has 0 aromatic heterocycles. The molecule has 0 atom stereocenters. The van der Waals surface area contributed by atoms with E-state index in [2.05, 4.69) is 0 Å². The molecule has 0 saturated carbocycles. The summed E-state index contributed by atoms with van der Waals surface area (Å²) in [7, 11) is -3.76. The zero-order valence-electron chi connectivity index (χ0n) is 11.5. The van der Waals surface area contributed by atoms with Crippen LogP contribution in [0.5, 0.6) is 0 Å². The van der Waals surface area contributed by atoms with Crippen molar-refractivity contribution >= 4 is 10.0 Å². The fourth-order valence-corrected chi connectivity index (χ4v) is 4.10. The summed E-state index contributed by atoms with van der Waals surface area (Å²) in [6, 6.07) is 4.05. The Hall–Kier alpha value is -0.980. The van der Waals surface area contributed by atoms with Gasteiger partial charge in [-0.3, -0.25) is 0 Å². The highest BCUT2D eigenvalue weighted by Gasteiger charge is 2.27. The largest absolute Gasteiger partial charge is 0.326 e. The van der Waals surface area contributed by atoms with Crippen molar-refractivity contribution in [2.45, 2.75) is 43.5 Å². The van der Waals surface area contributed by atoms with E-state index < -0.39 is 15.8 Å². The van der Waals surface area contributed by atoms with Crippen LogP contribution in [0.25, 0.3) is 0 Å². The van der Waals surface area contributed by atoms with E-state index in [1.807, 2.05) is 0 Å². The monoisotopic (exact) mass is 300 g/mol. The van der Waals surface area contributed by atoms with Crippen LogP contribution in [0.4, 0.5) is 4.39 Å². The van der Waals surface area contributed by atoms with Gasteiger partial charge in [-0.25, -0.2) is 12.8 Å². The van der Waals surface area contributed by atoms with Crippen molar-refractivity contribution in [3.63, 3.8) is 0 Å². The Bertz CT molecular complexity index is 552. The second-order valence-corrected chi connectivity index (χ2v) is 7.05. The molecule has 2 rings (SSSR count). The highest BCUT2D eigenvalue weighted by Crippen LogP contribution is 2.23. The molecule has 20 heavy (non-hydrogen) atoms. The molecule has 0 radical (unpaired) electrons. The van der Waals surface area contributed by atoms with E-state index in [1.54, 1.807) is 0 Å². The third-order valence-electron chi connectivity index (χ3n) is 3.66. The summed E-state index contributed by atoms with van der Waals surface area (Å²) in [5, 5.41) is 0. The number of hydrogen-bond donors (Lipinski definition) is 1. The predicted molar refractivity (Wildman–Crippen MR) is 76.1 cm³/mol. The fourth-order valence-electron chi connectivity index (χ4n) is 2.47. The summed E-state index contributed by atoms with van der Waals surface area (Å²) in [6.07, 6.45) is 4.86. The lowest BCUT2D eigenvalue weighted by atomic mass is 10.1. The smallest absolute Gasteiger partial charge is 0.245 e. The third kappa shape index (κ3) is 3.37. The number of rotatable bonds is 3. The van der Waals surface area contributed by atoms with Gasteiger partial charge in [-0.2, -0.15) is 4.31 Å². The van der Waals surface area contributed by atoms with Crippen molar-refractivity contribution in [2.75, 3.05) is 13.1 Å². The average Bonchev–Trinajstić information content (AvgIpc) is 2.38. The predicted octanol–water partition coefficient (Wildman–Crippen LogP) is 2.24. The van der Waals surface area contributed by atoms with E-state index in [-0.39, 0.29) is 11.4 Å². The Labute approximate surface area is 119 Å². The summed E-state index contributed by atoms with van der Waals surface area (Å²) in [5.74, 6) is -0.704. The normalized spacial score (nSPS) is 18.5. The lowest BCUT2D eigenvalue weighted by Crippen LogP contribution is -2.34. The second kappa shape index (κ2) is 6.65. The molecule has 1 fully saturated rings. The molecule has 4 nitrogen and oxygen atoms in total. The first-order valence-corrected chi connectivity index (χ1v) is 8.48. The van der Waals surface area contributed by atoms with Crippen molar-refractivity contribution in [1.29, 1.82) is 0 Å². The quantitative estimate of drug-likeness (QED) is 0.931. The number of halogens is 1. The number of nitrogens with zero attached hydrogens (tertiary/aromatic N) is 1. The van der Waals surface area contributed by atoms with Crippen molar-refractivity contribution in [3.8, 4) is 0 Å². The number of sulfonamides is 1. The third-order valence-corrected chi connectivity index (χ3v) is 5.58. The number of benzene rings is 1. The van der Waals surface area contributed by atoms with Gasteiger partial charge in [-0.1, -0.05) is 25.3 Å². The molecule has 1 aromatic carbocycles. The van der Waals surface area contributed by atoms with Gasteiger partial charge in [-0.15, -0.1) is 0 Å². The zero-order valence-corrected chi connectivity index (χ0v) is 12.3. The Morgan fingerprint density at radius 2 is 1.70 bits per heavy atom. The maximum atomic E-state index is 13.9. The van der Waals surface area contributed by atoms with Gasteiger partial charge in [-0.05, 0) is 30.5 Å². The highest BCUT2D eigenvalue weighted by molar-refractivity contribution is 7.89. The van der Waals surface area contributed by atoms with Crippen LogP contribution >= 0.6 is 0 Å². The van der Waals surface area contributed by atoms with E-state index in [0.29, 0.717) is 18.7 Å². The molecule has 112 valence electrons. The maximum Gasteiger partial charge on any atom is 0.245 e. The minimum absolute atomic E-state index is 0.197. The minimum Gasteiger partial charge on any atom is -0.326 e. The van der Waals surface area contributed by atoms with Crippen molar-refractivity contribution in [2.24, 2.45) is 5.73 Å². The van der Waals surface area contributed by atoms with Gasteiger partial charge in [0.15, 0.2) is 0 Å². The van der Waals surface area contributed by atoms with Crippen LogP contribution < -0.4 is 5.73 Å². The molecule has 0 unspecified atom stereocenters. The first-order valence-electron chi connectivity index (χ1n) is 7.04. The molecule has 1 saturated heterocycles. The number of hydrogen-bond acceptors (Lipinski definition) is 3. The molecule has 2 N–H and O–H groups in total. The van der Waals surface area contributed by atoms with Crippen LogP contribution in [0, 0.1) is 5.82 Å². The van der Waals surface area contributed by atoms with Gasteiger partial charge < -0.3 is 5.73 Å².